The molecule has 0 saturated heterocycles. The number of furan rings is 2. The Labute approximate surface area is 313 Å². The highest BCUT2D eigenvalue weighted by molar-refractivity contribution is 6.17. The van der Waals surface area contributed by atoms with Crippen LogP contribution in [0.4, 0.5) is 17.1 Å². The van der Waals surface area contributed by atoms with Crippen LogP contribution in [0.25, 0.3) is 77.3 Å². The fourth-order valence-corrected chi connectivity index (χ4v) is 8.85. The molecule has 0 spiro atoms. The molecule has 0 atom stereocenters. The van der Waals surface area contributed by atoms with Crippen molar-refractivity contribution in [2.75, 3.05) is 4.90 Å². The van der Waals surface area contributed by atoms with Crippen LogP contribution >= 0.6 is 0 Å². The minimum atomic E-state index is -0.0706. The molecule has 10 aromatic rings. The third-order valence-corrected chi connectivity index (χ3v) is 11.5. The highest BCUT2D eigenvalue weighted by Gasteiger charge is 2.37. The van der Waals surface area contributed by atoms with Gasteiger partial charge in [0.2, 0.25) is 0 Å². The van der Waals surface area contributed by atoms with Gasteiger partial charge < -0.3 is 13.7 Å². The topological polar surface area (TPSA) is 29.5 Å². The van der Waals surface area contributed by atoms with E-state index in [1.807, 2.05) is 12.1 Å². The Hall–Kier alpha value is -6.84. The first-order chi connectivity index (χ1) is 26.5. The number of anilines is 3. The quantitative estimate of drug-likeness (QED) is 0.180. The Bertz CT molecular complexity index is 3070. The van der Waals surface area contributed by atoms with Crippen molar-refractivity contribution < 1.29 is 8.83 Å². The van der Waals surface area contributed by atoms with E-state index in [1.54, 1.807) is 0 Å². The molecule has 0 fully saturated rings. The van der Waals surface area contributed by atoms with E-state index in [2.05, 4.69) is 183 Å². The van der Waals surface area contributed by atoms with Gasteiger partial charge in [-0.05, 0) is 93.5 Å². The number of hydrogen-bond donors (Lipinski definition) is 0. The minimum Gasteiger partial charge on any atom is -0.456 e. The summed E-state index contributed by atoms with van der Waals surface area (Å²) in [6.07, 6.45) is 0. The Kier molecular flexibility index (Phi) is 6.60. The van der Waals surface area contributed by atoms with Crippen LogP contribution in [0.1, 0.15) is 25.0 Å². The second kappa shape index (κ2) is 11.6. The van der Waals surface area contributed by atoms with Crippen LogP contribution in [0.5, 0.6) is 0 Å². The maximum absolute atomic E-state index is 6.77. The Balaban J connectivity index is 1.06. The van der Waals surface area contributed by atoms with Crippen molar-refractivity contribution in [3.8, 4) is 33.4 Å². The van der Waals surface area contributed by atoms with Crippen molar-refractivity contribution >= 4 is 60.9 Å². The van der Waals surface area contributed by atoms with Crippen molar-refractivity contribution in [2.45, 2.75) is 19.3 Å². The smallest absolute Gasteiger partial charge is 0.143 e. The maximum Gasteiger partial charge on any atom is 0.143 e. The van der Waals surface area contributed by atoms with Gasteiger partial charge in [0.05, 0.1) is 0 Å². The third-order valence-electron chi connectivity index (χ3n) is 11.5. The van der Waals surface area contributed by atoms with Crippen LogP contribution in [0.3, 0.4) is 0 Å². The summed E-state index contributed by atoms with van der Waals surface area (Å²) < 4.78 is 13.0. The fourth-order valence-electron chi connectivity index (χ4n) is 8.85. The van der Waals surface area contributed by atoms with E-state index in [9.17, 15) is 0 Å². The lowest BCUT2D eigenvalue weighted by Crippen LogP contribution is -2.14. The summed E-state index contributed by atoms with van der Waals surface area (Å²) in [6, 6.07) is 62.8. The molecule has 54 heavy (non-hydrogen) atoms. The number of fused-ring (bicyclic) bond motifs is 10. The van der Waals surface area contributed by atoms with Gasteiger partial charge in [-0.25, -0.2) is 0 Å². The van der Waals surface area contributed by atoms with Gasteiger partial charge in [-0.2, -0.15) is 0 Å². The van der Waals surface area contributed by atoms with E-state index in [0.29, 0.717) is 0 Å². The number of nitrogens with zero attached hydrogens (tertiary/aromatic N) is 1. The summed E-state index contributed by atoms with van der Waals surface area (Å²) in [5.74, 6) is 0. The third kappa shape index (κ3) is 4.55. The summed E-state index contributed by atoms with van der Waals surface area (Å²) in [6.45, 7) is 4.66. The van der Waals surface area contributed by atoms with E-state index >= 15 is 0 Å². The molecule has 3 nitrogen and oxygen atoms in total. The monoisotopic (exact) mass is 693 g/mol. The normalized spacial score (nSPS) is 13.1. The second-order valence-electron chi connectivity index (χ2n) is 14.9. The van der Waals surface area contributed by atoms with Crippen LogP contribution in [0.2, 0.25) is 0 Å². The first-order valence-corrected chi connectivity index (χ1v) is 18.6. The summed E-state index contributed by atoms with van der Waals surface area (Å²) >= 11 is 0. The molecule has 0 saturated carbocycles. The molecule has 0 aliphatic heterocycles. The van der Waals surface area contributed by atoms with E-state index in [4.69, 9.17) is 8.83 Å². The Morgan fingerprint density at radius 3 is 1.96 bits per heavy atom. The number of hydrogen-bond acceptors (Lipinski definition) is 3. The first kappa shape index (κ1) is 30.8. The van der Waals surface area contributed by atoms with Crippen LogP contribution in [0, 0.1) is 0 Å². The average Bonchev–Trinajstić information content (AvgIpc) is 3.86. The molecule has 8 aromatic carbocycles. The maximum atomic E-state index is 6.77. The molecule has 0 unspecified atom stereocenters. The molecule has 256 valence electrons. The van der Waals surface area contributed by atoms with E-state index in [1.165, 1.54) is 38.8 Å². The molecular weight excluding hydrogens is 659 g/mol. The lowest BCUT2D eigenvalue weighted by Gasteiger charge is -2.26. The molecule has 1 aliphatic carbocycles. The zero-order valence-corrected chi connectivity index (χ0v) is 30.0. The summed E-state index contributed by atoms with van der Waals surface area (Å²) in [5, 5.41) is 4.55. The summed E-state index contributed by atoms with van der Waals surface area (Å²) in [4.78, 5) is 2.34. The lowest BCUT2D eigenvalue weighted by molar-refractivity contribution is 0.657. The van der Waals surface area contributed by atoms with Gasteiger partial charge in [0.25, 0.3) is 0 Å². The zero-order valence-electron chi connectivity index (χ0n) is 30.0. The molecule has 2 heterocycles. The molecule has 0 N–H and O–H groups in total. The Morgan fingerprint density at radius 1 is 0.407 bits per heavy atom. The molecule has 0 bridgehead atoms. The van der Waals surface area contributed by atoms with Crippen LogP contribution in [-0.2, 0) is 5.41 Å². The van der Waals surface area contributed by atoms with Crippen molar-refractivity contribution in [1.82, 2.24) is 0 Å². The number of benzene rings is 8. The summed E-state index contributed by atoms with van der Waals surface area (Å²) in [7, 11) is 0. The van der Waals surface area contributed by atoms with Crippen LogP contribution < -0.4 is 4.90 Å². The zero-order chi connectivity index (χ0) is 36.0. The van der Waals surface area contributed by atoms with E-state index in [0.717, 1.165) is 66.7 Å². The van der Waals surface area contributed by atoms with Gasteiger partial charge in [-0.15, -0.1) is 0 Å². The summed E-state index contributed by atoms with van der Waals surface area (Å²) in [5.41, 5.74) is 16.6. The Morgan fingerprint density at radius 2 is 1.07 bits per heavy atom. The average molecular weight is 694 g/mol. The van der Waals surface area contributed by atoms with Gasteiger partial charge in [0.1, 0.15) is 22.3 Å². The van der Waals surface area contributed by atoms with Gasteiger partial charge in [-0.1, -0.05) is 135 Å². The SMILES string of the molecule is CC1(C)c2ccccc2-c2c1ccc1oc3c(-c4ccc(N(c5cccc(-c6ccccc6)c5)c5ccc6oc7ccccc7c6c5)cc4)cccc3c21. The fraction of sp³-hybridized carbons (Fsp3) is 0.0588. The van der Waals surface area contributed by atoms with Crippen molar-refractivity contribution in [1.29, 1.82) is 0 Å². The standard InChI is InChI=1S/C51H35NO2/c1-51(2)43-20-8-6-17-40(43)48-44(51)27-29-47-49(48)41-19-11-18-38(50(41)54-47)33-22-24-35(25-23-33)52(36-15-10-14-34(30-36)32-12-4-3-5-13-32)37-26-28-46-42(31-37)39-16-7-9-21-45(39)53-46/h3-31H,1-2H3. The lowest BCUT2D eigenvalue weighted by atomic mass is 9.82. The van der Waals surface area contributed by atoms with Gasteiger partial charge in [-0.3, -0.25) is 0 Å². The van der Waals surface area contributed by atoms with Crippen LogP contribution in [0.15, 0.2) is 185 Å². The largest absolute Gasteiger partial charge is 0.456 e. The predicted molar refractivity (Wildman–Crippen MR) is 224 cm³/mol. The number of rotatable bonds is 5. The molecular formula is C51H35NO2. The van der Waals surface area contributed by atoms with Crippen molar-refractivity contribution in [3.63, 3.8) is 0 Å². The molecule has 0 radical (unpaired) electrons. The molecule has 11 rings (SSSR count). The van der Waals surface area contributed by atoms with Gasteiger partial charge in [0.15, 0.2) is 0 Å². The van der Waals surface area contributed by atoms with Crippen LogP contribution in [-0.4, -0.2) is 0 Å². The van der Waals surface area contributed by atoms with Gasteiger partial charge >= 0.3 is 0 Å². The van der Waals surface area contributed by atoms with Crippen molar-refractivity contribution in [3.05, 3.63) is 187 Å². The molecule has 2 aromatic heterocycles. The second-order valence-corrected chi connectivity index (χ2v) is 14.9. The molecule has 1 aliphatic rings. The highest BCUT2D eigenvalue weighted by Crippen LogP contribution is 2.53. The number of para-hydroxylation sites is 2. The minimum absolute atomic E-state index is 0.0706. The van der Waals surface area contributed by atoms with Crippen molar-refractivity contribution in [2.24, 2.45) is 0 Å². The predicted octanol–water partition coefficient (Wildman–Crippen LogP) is 14.6. The molecule has 0 amide bonds. The highest BCUT2D eigenvalue weighted by atomic mass is 16.3. The van der Waals surface area contributed by atoms with Gasteiger partial charge in [0, 0.05) is 49.6 Å². The first-order valence-electron chi connectivity index (χ1n) is 18.6. The molecule has 3 heteroatoms. The van der Waals surface area contributed by atoms with E-state index < -0.39 is 0 Å². The van der Waals surface area contributed by atoms with E-state index in [-0.39, 0.29) is 5.41 Å².